The zero-order chi connectivity index (χ0) is 15.0. The summed E-state index contributed by atoms with van der Waals surface area (Å²) < 4.78 is 4.49. The van der Waals surface area contributed by atoms with Crippen molar-refractivity contribution in [3.63, 3.8) is 0 Å². The lowest BCUT2D eigenvalue weighted by Gasteiger charge is -2.17. The molecule has 1 aromatic heterocycles. The second-order valence-corrected chi connectivity index (χ2v) is 7.32. The Kier molecular flexibility index (Phi) is 4.57. The largest absolute Gasteiger partial charge is 0.320 e. The molecule has 3 rings (SSSR count). The maximum atomic E-state index is 6.11. The van der Waals surface area contributed by atoms with Crippen LogP contribution in [0.15, 0.2) is 46.9 Å². The monoisotopic (exact) mass is 474 g/mol. The van der Waals surface area contributed by atoms with Gasteiger partial charge in [0.1, 0.15) is 5.82 Å². The van der Waals surface area contributed by atoms with Crippen molar-refractivity contribution in [1.82, 2.24) is 9.55 Å². The molecule has 5 heteroatoms. The van der Waals surface area contributed by atoms with Crippen molar-refractivity contribution >= 4 is 61.2 Å². The lowest BCUT2D eigenvalue weighted by Crippen LogP contribution is -2.09. The van der Waals surface area contributed by atoms with Gasteiger partial charge in [0.2, 0.25) is 0 Å². The molecule has 0 aliphatic rings. The number of hydrogen-bond donors (Lipinski definition) is 0. The van der Waals surface area contributed by atoms with E-state index in [9.17, 15) is 0 Å². The van der Waals surface area contributed by atoms with Crippen molar-refractivity contribution < 1.29 is 0 Å². The van der Waals surface area contributed by atoms with Gasteiger partial charge in [-0.15, -0.1) is 11.6 Å². The van der Waals surface area contributed by atoms with Gasteiger partial charge in [0, 0.05) is 8.04 Å². The fraction of sp³-hybridized carbons (Fsp3) is 0.188. The molecule has 1 atom stereocenters. The summed E-state index contributed by atoms with van der Waals surface area (Å²) >= 11 is 11.9. The maximum Gasteiger partial charge on any atom is 0.125 e. The summed E-state index contributed by atoms with van der Waals surface area (Å²) in [4.78, 5) is 4.67. The van der Waals surface area contributed by atoms with Crippen molar-refractivity contribution in [2.75, 3.05) is 0 Å². The van der Waals surface area contributed by atoms with Gasteiger partial charge >= 0.3 is 0 Å². The zero-order valence-electron chi connectivity index (χ0n) is 11.4. The quantitative estimate of drug-likeness (QED) is 0.348. The molecule has 0 saturated carbocycles. The molecule has 0 fully saturated rings. The summed E-state index contributed by atoms with van der Waals surface area (Å²) in [5.41, 5.74) is 3.37. The van der Waals surface area contributed by atoms with Crippen LogP contribution in [0, 0.1) is 3.57 Å². The lowest BCUT2D eigenvalue weighted by molar-refractivity contribution is 0.634. The molecule has 0 aliphatic carbocycles. The Hall–Kier alpha value is -0.590. The van der Waals surface area contributed by atoms with E-state index in [4.69, 9.17) is 11.6 Å². The van der Waals surface area contributed by atoms with E-state index < -0.39 is 0 Å². The van der Waals surface area contributed by atoms with E-state index >= 15 is 0 Å². The Balaban J connectivity index is 2.16. The van der Waals surface area contributed by atoms with E-state index in [0.29, 0.717) is 5.88 Å². The van der Waals surface area contributed by atoms with Crippen molar-refractivity contribution in [2.24, 2.45) is 0 Å². The number of imidazole rings is 1. The Morgan fingerprint density at radius 2 is 1.95 bits per heavy atom. The molecule has 1 unspecified atom stereocenters. The average molecular weight is 476 g/mol. The fourth-order valence-corrected chi connectivity index (χ4v) is 3.47. The first-order valence-electron chi connectivity index (χ1n) is 6.58. The molecule has 2 nitrogen and oxygen atoms in total. The minimum atomic E-state index is 0.192. The molecule has 21 heavy (non-hydrogen) atoms. The summed E-state index contributed by atoms with van der Waals surface area (Å²) in [6.45, 7) is 2.18. The molecule has 0 N–H and O–H groups in total. The minimum Gasteiger partial charge on any atom is -0.320 e. The zero-order valence-corrected chi connectivity index (χ0v) is 15.9. The van der Waals surface area contributed by atoms with E-state index in [-0.39, 0.29) is 6.04 Å². The SMILES string of the molecule is CC(c1ccc(Br)cc1)n1c(CCl)nc2cc(I)ccc21. The predicted octanol–water partition coefficient (Wildman–Crippen LogP) is 5.75. The maximum absolute atomic E-state index is 6.11. The van der Waals surface area contributed by atoms with Crippen LogP contribution in [0.3, 0.4) is 0 Å². The van der Waals surface area contributed by atoms with E-state index in [0.717, 1.165) is 21.3 Å². The second kappa shape index (κ2) is 6.26. The Morgan fingerprint density at radius 1 is 1.24 bits per heavy atom. The molecule has 0 aliphatic heterocycles. The van der Waals surface area contributed by atoms with E-state index in [1.165, 1.54) is 9.13 Å². The van der Waals surface area contributed by atoms with Crippen molar-refractivity contribution in [3.05, 3.63) is 61.9 Å². The molecule has 1 heterocycles. The highest BCUT2D eigenvalue weighted by Gasteiger charge is 2.16. The topological polar surface area (TPSA) is 17.8 Å². The smallest absolute Gasteiger partial charge is 0.125 e. The molecule has 3 aromatic rings. The fourth-order valence-electron chi connectivity index (χ4n) is 2.54. The molecular weight excluding hydrogens is 462 g/mol. The van der Waals surface area contributed by atoms with Crippen LogP contribution in [0.25, 0.3) is 11.0 Å². The molecule has 0 saturated heterocycles. The van der Waals surface area contributed by atoms with Gasteiger partial charge in [0.05, 0.1) is 23.0 Å². The summed E-state index contributed by atoms with van der Waals surface area (Å²) in [6, 6.07) is 14.9. The van der Waals surface area contributed by atoms with Gasteiger partial charge in [-0.25, -0.2) is 4.98 Å². The minimum absolute atomic E-state index is 0.192. The number of benzene rings is 2. The summed E-state index contributed by atoms with van der Waals surface area (Å²) in [5, 5.41) is 0. The molecule has 108 valence electrons. The molecule has 0 radical (unpaired) electrons. The summed E-state index contributed by atoms with van der Waals surface area (Å²) in [7, 11) is 0. The molecule has 0 spiro atoms. The predicted molar refractivity (Wildman–Crippen MR) is 100.0 cm³/mol. The number of nitrogens with zero attached hydrogens (tertiary/aromatic N) is 2. The number of aromatic nitrogens is 2. The van der Waals surface area contributed by atoms with Crippen LogP contribution in [-0.2, 0) is 5.88 Å². The van der Waals surface area contributed by atoms with Gasteiger partial charge in [-0.05, 0) is 65.4 Å². The van der Waals surface area contributed by atoms with Crippen LogP contribution in [0.1, 0.15) is 24.4 Å². The van der Waals surface area contributed by atoms with Gasteiger partial charge < -0.3 is 4.57 Å². The number of fused-ring (bicyclic) bond motifs is 1. The highest BCUT2D eigenvalue weighted by atomic mass is 127. The van der Waals surface area contributed by atoms with Gasteiger partial charge in [0.25, 0.3) is 0 Å². The number of alkyl halides is 1. The third-order valence-corrected chi connectivity index (χ3v) is 5.02. The molecule has 2 aromatic carbocycles. The number of halogens is 3. The summed E-state index contributed by atoms with van der Waals surface area (Å²) in [5.74, 6) is 1.32. The number of hydrogen-bond acceptors (Lipinski definition) is 1. The lowest BCUT2D eigenvalue weighted by atomic mass is 10.1. The van der Waals surface area contributed by atoms with Crippen molar-refractivity contribution in [3.8, 4) is 0 Å². The van der Waals surface area contributed by atoms with Gasteiger partial charge in [-0.1, -0.05) is 28.1 Å². The van der Waals surface area contributed by atoms with Crippen LogP contribution in [-0.4, -0.2) is 9.55 Å². The normalized spacial score (nSPS) is 12.8. The first kappa shape index (κ1) is 15.3. The highest BCUT2D eigenvalue weighted by molar-refractivity contribution is 14.1. The van der Waals surface area contributed by atoms with Crippen LogP contribution in [0.5, 0.6) is 0 Å². The summed E-state index contributed by atoms with van der Waals surface area (Å²) in [6.07, 6.45) is 0. The number of rotatable bonds is 3. The van der Waals surface area contributed by atoms with Crippen molar-refractivity contribution in [2.45, 2.75) is 18.8 Å². The van der Waals surface area contributed by atoms with E-state index in [2.05, 4.69) is 97.5 Å². The molecule has 0 bridgehead atoms. The van der Waals surface area contributed by atoms with Crippen LogP contribution in [0.4, 0.5) is 0 Å². The van der Waals surface area contributed by atoms with Gasteiger partial charge in [-0.3, -0.25) is 0 Å². The Labute approximate surface area is 150 Å². The van der Waals surface area contributed by atoms with Gasteiger partial charge in [-0.2, -0.15) is 0 Å². The molecule has 0 amide bonds. The first-order valence-corrected chi connectivity index (χ1v) is 8.98. The Morgan fingerprint density at radius 3 is 2.62 bits per heavy atom. The van der Waals surface area contributed by atoms with E-state index in [1.807, 2.05) is 0 Å². The Bertz CT molecular complexity index is 783. The van der Waals surface area contributed by atoms with Crippen LogP contribution < -0.4 is 0 Å². The average Bonchev–Trinajstić information content (AvgIpc) is 2.84. The van der Waals surface area contributed by atoms with Gasteiger partial charge in [0.15, 0.2) is 0 Å². The van der Waals surface area contributed by atoms with Crippen molar-refractivity contribution in [1.29, 1.82) is 0 Å². The first-order chi connectivity index (χ1) is 10.1. The van der Waals surface area contributed by atoms with E-state index in [1.54, 1.807) is 0 Å². The van der Waals surface area contributed by atoms with Crippen LogP contribution in [0.2, 0.25) is 0 Å². The van der Waals surface area contributed by atoms with Crippen LogP contribution >= 0.6 is 50.1 Å². The second-order valence-electron chi connectivity index (χ2n) is 4.89. The third kappa shape index (κ3) is 2.98. The standard InChI is InChI=1S/C16H13BrClIN2/c1-10(11-2-4-12(17)5-3-11)21-15-7-6-13(19)8-14(15)20-16(21)9-18/h2-8,10H,9H2,1H3. The highest BCUT2D eigenvalue weighted by Crippen LogP contribution is 2.28. The molecular formula is C16H13BrClIN2. The third-order valence-electron chi connectivity index (χ3n) is 3.58.